The molecule has 0 amide bonds. The van der Waals surface area contributed by atoms with Gasteiger partial charge in [0.2, 0.25) is 0 Å². The minimum atomic E-state index is -4.12. The quantitative estimate of drug-likeness (QED) is 0.291. The fourth-order valence-electron chi connectivity index (χ4n) is 1.81. The van der Waals surface area contributed by atoms with Crippen LogP contribution in [0.3, 0.4) is 0 Å². The number of rotatable bonds is 16. The lowest BCUT2D eigenvalue weighted by atomic mass is 10.1. The van der Waals surface area contributed by atoms with Crippen LogP contribution in [0.4, 0.5) is 0 Å². The van der Waals surface area contributed by atoms with E-state index in [2.05, 4.69) is 16.0 Å². The first-order valence-electron chi connectivity index (χ1n) is 8.09. The zero-order chi connectivity index (χ0) is 16.7. The van der Waals surface area contributed by atoms with Crippen LogP contribution in [-0.4, -0.2) is 49.1 Å². The number of ether oxygens (including phenoxy) is 1. The SMILES string of the molecule is CCCCCCCCCOCC(O)COP(=O)(O)OCCN. The Morgan fingerprint density at radius 3 is 2.27 bits per heavy atom. The van der Waals surface area contributed by atoms with Crippen molar-refractivity contribution in [3.8, 4) is 0 Å². The Kier molecular flexibility index (Phi) is 14.6. The smallest absolute Gasteiger partial charge is 0.388 e. The Morgan fingerprint density at radius 1 is 1.00 bits per heavy atom. The van der Waals surface area contributed by atoms with E-state index in [9.17, 15) is 14.6 Å². The first-order valence-corrected chi connectivity index (χ1v) is 9.59. The number of nitrogens with two attached hydrogens (primary N) is 1. The maximum atomic E-state index is 11.3. The molecule has 7 nitrogen and oxygen atoms in total. The van der Waals surface area contributed by atoms with E-state index in [1.807, 2.05) is 0 Å². The Hall–Kier alpha value is -0.0100. The normalized spacial score (nSPS) is 15.6. The van der Waals surface area contributed by atoms with Crippen molar-refractivity contribution in [1.82, 2.24) is 0 Å². The average Bonchev–Trinajstić information content (AvgIpc) is 2.49. The first-order chi connectivity index (χ1) is 10.5. The van der Waals surface area contributed by atoms with Crippen LogP contribution in [0.15, 0.2) is 0 Å². The van der Waals surface area contributed by atoms with E-state index in [1.165, 1.54) is 32.1 Å². The van der Waals surface area contributed by atoms with Gasteiger partial charge in [-0.05, 0) is 6.42 Å². The highest BCUT2D eigenvalue weighted by Crippen LogP contribution is 2.42. The highest BCUT2D eigenvalue weighted by Gasteiger charge is 2.22. The summed E-state index contributed by atoms with van der Waals surface area (Å²) in [6.07, 6.45) is 7.44. The van der Waals surface area contributed by atoms with E-state index in [4.69, 9.17) is 10.5 Å². The molecule has 0 aromatic rings. The Bertz CT molecular complexity index is 293. The Labute approximate surface area is 133 Å². The van der Waals surface area contributed by atoms with Gasteiger partial charge in [-0.1, -0.05) is 45.4 Å². The number of phosphoric acid groups is 1. The molecule has 0 fully saturated rings. The van der Waals surface area contributed by atoms with Gasteiger partial charge >= 0.3 is 7.82 Å². The van der Waals surface area contributed by atoms with Crippen molar-refractivity contribution in [2.45, 2.75) is 58.0 Å². The molecule has 0 aliphatic carbocycles. The lowest BCUT2D eigenvalue weighted by Gasteiger charge is -2.15. The van der Waals surface area contributed by atoms with Crippen LogP contribution in [0.5, 0.6) is 0 Å². The second-order valence-electron chi connectivity index (χ2n) is 5.24. The maximum Gasteiger partial charge on any atom is 0.472 e. The van der Waals surface area contributed by atoms with Crippen molar-refractivity contribution in [3.05, 3.63) is 0 Å². The zero-order valence-corrected chi connectivity index (χ0v) is 14.5. The average molecular weight is 341 g/mol. The number of hydrogen-bond donors (Lipinski definition) is 3. The van der Waals surface area contributed by atoms with Crippen LogP contribution in [0, 0.1) is 0 Å². The summed E-state index contributed by atoms with van der Waals surface area (Å²) in [5.41, 5.74) is 5.15. The van der Waals surface area contributed by atoms with Gasteiger partial charge in [0, 0.05) is 13.2 Å². The summed E-state index contributed by atoms with van der Waals surface area (Å²) >= 11 is 0. The molecule has 0 rings (SSSR count). The summed E-state index contributed by atoms with van der Waals surface area (Å²) in [7, 11) is -4.12. The number of aliphatic hydroxyl groups excluding tert-OH is 1. The van der Waals surface area contributed by atoms with Crippen LogP contribution in [0.1, 0.15) is 51.9 Å². The predicted molar refractivity (Wildman–Crippen MR) is 85.6 cm³/mol. The summed E-state index contributed by atoms with van der Waals surface area (Å²) < 4.78 is 25.8. The summed E-state index contributed by atoms with van der Waals surface area (Å²) in [5.74, 6) is 0. The second-order valence-corrected chi connectivity index (χ2v) is 6.69. The largest absolute Gasteiger partial charge is 0.472 e. The van der Waals surface area contributed by atoms with E-state index >= 15 is 0 Å². The van der Waals surface area contributed by atoms with Crippen molar-refractivity contribution in [1.29, 1.82) is 0 Å². The van der Waals surface area contributed by atoms with E-state index in [0.717, 1.165) is 12.8 Å². The van der Waals surface area contributed by atoms with Crippen molar-refractivity contribution in [3.63, 3.8) is 0 Å². The molecule has 0 aliphatic rings. The van der Waals surface area contributed by atoms with Crippen molar-refractivity contribution in [2.75, 3.05) is 33.0 Å². The Balaban J connectivity index is 3.42. The molecule has 0 saturated carbocycles. The topological polar surface area (TPSA) is 111 Å². The third kappa shape index (κ3) is 14.9. The van der Waals surface area contributed by atoms with Gasteiger partial charge < -0.3 is 20.5 Å². The van der Waals surface area contributed by atoms with E-state index in [1.54, 1.807) is 0 Å². The summed E-state index contributed by atoms with van der Waals surface area (Å²) in [6.45, 7) is 2.59. The fraction of sp³-hybridized carbons (Fsp3) is 1.00. The Morgan fingerprint density at radius 2 is 1.64 bits per heavy atom. The molecular formula is C14H32NO6P. The zero-order valence-electron chi connectivity index (χ0n) is 13.6. The van der Waals surface area contributed by atoms with Crippen LogP contribution in [0.2, 0.25) is 0 Å². The van der Waals surface area contributed by atoms with Crippen LogP contribution in [0.25, 0.3) is 0 Å². The summed E-state index contributed by atoms with van der Waals surface area (Å²) in [4.78, 5) is 9.23. The lowest BCUT2D eigenvalue weighted by Crippen LogP contribution is -2.22. The van der Waals surface area contributed by atoms with Gasteiger partial charge in [-0.2, -0.15) is 0 Å². The molecule has 4 N–H and O–H groups in total. The molecule has 0 spiro atoms. The van der Waals surface area contributed by atoms with Gasteiger partial charge in [0.25, 0.3) is 0 Å². The van der Waals surface area contributed by atoms with Gasteiger partial charge in [0.05, 0.1) is 19.8 Å². The van der Waals surface area contributed by atoms with Gasteiger partial charge in [-0.15, -0.1) is 0 Å². The number of aliphatic hydroxyl groups is 1. The number of unbranched alkanes of at least 4 members (excludes halogenated alkanes) is 6. The maximum absolute atomic E-state index is 11.3. The van der Waals surface area contributed by atoms with Crippen LogP contribution in [-0.2, 0) is 18.3 Å². The number of phosphoric ester groups is 1. The lowest BCUT2D eigenvalue weighted by molar-refractivity contribution is 0.00230. The van der Waals surface area contributed by atoms with Crippen LogP contribution < -0.4 is 5.73 Å². The highest BCUT2D eigenvalue weighted by molar-refractivity contribution is 7.47. The molecule has 2 atom stereocenters. The fourth-order valence-corrected chi connectivity index (χ4v) is 2.59. The first kappa shape index (κ1) is 22.0. The van der Waals surface area contributed by atoms with E-state index in [0.29, 0.717) is 6.61 Å². The molecule has 0 aliphatic heterocycles. The highest BCUT2D eigenvalue weighted by atomic mass is 31.2. The number of hydrogen-bond acceptors (Lipinski definition) is 6. The predicted octanol–water partition coefficient (Wildman–Crippen LogP) is 2.21. The summed E-state index contributed by atoms with van der Waals surface area (Å²) in [5, 5.41) is 9.58. The standard InChI is InChI=1S/C14H32NO6P/c1-2-3-4-5-6-7-8-10-19-12-14(16)13-21-22(17,18)20-11-9-15/h14,16H,2-13,15H2,1H3,(H,17,18). The molecule has 8 heteroatoms. The molecule has 0 aromatic carbocycles. The molecular weight excluding hydrogens is 309 g/mol. The van der Waals surface area contributed by atoms with Crippen molar-refractivity contribution in [2.24, 2.45) is 5.73 Å². The molecule has 22 heavy (non-hydrogen) atoms. The van der Waals surface area contributed by atoms with Gasteiger partial charge in [-0.3, -0.25) is 9.05 Å². The van der Waals surface area contributed by atoms with Crippen molar-refractivity contribution < 1.29 is 28.3 Å². The molecule has 2 unspecified atom stereocenters. The molecule has 0 aromatic heterocycles. The summed E-state index contributed by atoms with van der Waals surface area (Å²) in [6, 6.07) is 0. The molecule has 0 radical (unpaired) electrons. The minimum absolute atomic E-state index is 0.0708. The van der Waals surface area contributed by atoms with Gasteiger partial charge in [0.15, 0.2) is 0 Å². The van der Waals surface area contributed by atoms with E-state index in [-0.39, 0.29) is 26.4 Å². The van der Waals surface area contributed by atoms with Gasteiger partial charge in [0.1, 0.15) is 6.10 Å². The van der Waals surface area contributed by atoms with Crippen molar-refractivity contribution >= 4 is 7.82 Å². The monoisotopic (exact) mass is 341 g/mol. The van der Waals surface area contributed by atoms with Crippen LogP contribution >= 0.6 is 7.82 Å². The van der Waals surface area contributed by atoms with Gasteiger partial charge in [-0.25, -0.2) is 4.57 Å². The van der Waals surface area contributed by atoms with E-state index < -0.39 is 13.9 Å². The molecule has 0 saturated heterocycles. The third-order valence-electron chi connectivity index (χ3n) is 3.00. The second kappa shape index (κ2) is 14.6. The molecule has 134 valence electrons. The minimum Gasteiger partial charge on any atom is -0.388 e. The third-order valence-corrected chi connectivity index (χ3v) is 3.99. The molecule has 0 heterocycles. The molecule has 0 bridgehead atoms.